The van der Waals surface area contributed by atoms with Gasteiger partial charge in [0.2, 0.25) is 0 Å². The number of hydrogen-bond donors (Lipinski definition) is 1. The summed E-state index contributed by atoms with van der Waals surface area (Å²) in [7, 11) is 2.14. The molecule has 0 spiro atoms. The minimum Gasteiger partial charge on any atom is -0.307 e. The van der Waals surface area contributed by atoms with Crippen molar-refractivity contribution in [3.8, 4) is 0 Å². The van der Waals surface area contributed by atoms with Gasteiger partial charge in [0.1, 0.15) is 11.6 Å². The first-order valence-electron chi connectivity index (χ1n) is 7.29. The zero-order chi connectivity index (χ0) is 14.9. The topological polar surface area (TPSA) is 15.3 Å². The van der Waals surface area contributed by atoms with Crippen molar-refractivity contribution in [3.63, 3.8) is 0 Å². The molecular formula is C16H24F2N2. The van der Waals surface area contributed by atoms with E-state index in [4.69, 9.17) is 0 Å². The summed E-state index contributed by atoms with van der Waals surface area (Å²) < 4.78 is 26.8. The number of rotatable bonds is 3. The average Bonchev–Trinajstić information content (AvgIpc) is 2.35. The Balaban J connectivity index is 2.05. The van der Waals surface area contributed by atoms with Crippen LogP contribution in [0.4, 0.5) is 8.78 Å². The molecule has 0 aliphatic carbocycles. The van der Waals surface area contributed by atoms with Gasteiger partial charge in [0.25, 0.3) is 0 Å². The maximum absolute atomic E-state index is 13.8. The summed E-state index contributed by atoms with van der Waals surface area (Å²) in [5.74, 6) is -0.486. The van der Waals surface area contributed by atoms with Crippen molar-refractivity contribution >= 4 is 0 Å². The van der Waals surface area contributed by atoms with Crippen molar-refractivity contribution < 1.29 is 8.78 Å². The average molecular weight is 282 g/mol. The number of halogens is 2. The van der Waals surface area contributed by atoms with Crippen LogP contribution >= 0.6 is 0 Å². The normalized spacial score (nSPS) is 29.4. The number of nitrogens with one attached hydrogen (secondary N) is 1. The summed E-state index contributed by atoms with van der Waals surface area (Å²) in [4.78, 5) is 2.35. The molecule has 1 aliphatic heterocycles. The molecule has 4 heteroatoms. The van der Waals surface area contributed by atoms with E-state index in [2.05, 4.69) is 31.1 Å². The van der Waals surface area contributed by atoms with Gasteiger partial charge in [-0.15, -0.1) is 0 Å². The van der Waals surface area contributed by atoms with Crippen LogP contribution in [0.5, 0.6) is 0 Å². The maximum Gasteiger partial charge on any atom is 0.130 e. The van der Waals surface area contributed by atoms with E-state index in [1.54, 1.807) is 0 Å². The Kier molecular flexibility index (Phi) is 4.76. The second kappa shape index (κ2) is 6.19. The maximum atomic E-state index is 13.8. The largest absolute Gasteiger partial charge is 0.307 e. The van der Waals surface area contributed by atoms with Gasteiger partial charge in [0, 0.05) is 36.3 Å². The number of benzene rings is 1. The lowest BCUT2D eigenvalue weighted by atomic mass is 9.89. The first kappa shape index (κ1) is 15.4. The third-order valence-electron chi connectivity index (χ3n) is 4.50. The van der Waals surface area contributed by atoms with Crippen LogP contribution in [-0.2, 0) is 0 Å². The molecule has 1 N–H and O–H groups in total. The highest BCUT2D eigenvalue weighted by atomic mass is 19.1. The summed E-state index contributed by atoms with van der Waals surface area (Å²) in [5, 5.41) is 3.51. The van der Waals surface area contributed by atoms with Crippen LogP contribution in [0.3, 0.4) is 0 Å². The van der Waals surface area contributed by atoms with Crippen LogP contribution in [0.2, 0.25) is 0 Å². The summed E-state index contributed by atoms with van der Waals surface area (Å²) in [6.07, 6.45) is 1.05. The molecule has 1 fully saturated rings. The lowest BCUT2D eigenvalue weighted by molar-refractivity contribution is 0.116. The van der Waals surface area contributed by atoms with E-state index < -0.39 is 11.6 Å². The lowest BCUT2D eigenvalue weighted by Crippen LogP contribution is -2.51. The van der Waals surface area contributed by atoms with Crippen LogP contribution in [0.25, 0.3) is 0 Å². The fourth-order valence-corrected chi connectivity index (χ4v) is 3.04. The van der Waals surface area contributed by atoms with Gasteiger partial charge in [-0.2, -0.15) is 0 Å². The molecule has 1 aliphatic rings. The van der Waals surface area contributed by atoms with Crippen molar-refractivity contribution in [1.29, 1.82) is 0 Å². The number of hydrogen-bond acceptors (Lipinski definition) is 2. The van der Waals surface area contributed by atoms with Gasteiger partial charge in [0.15, 0.2) is 0 Å². The zero-order valence-electron chi connectivity index (χ0n) is 12.7. The SMILES string of the molecule is CC(NC1CC(C)N(C)CC1C)c1ccc(F)cc1F. The van der Waals surface area contributed by atoms with Crippen molar-refractivity contribution in [2.75, 3.05) is 13.6 Å². The Hall–Kier alpha value is -1.00. The van der Waals surface area contributed by atoms with E-state index in [0.29, 0.717) is 23.6 Å². The summed E-state index contributed by atoms with van der Waals surface area (Å²) in [5.41, 5.74) is 0.533. The molecule has 2 rings (SSSR count). The molecule has 20 heavy (non-hydrogen) atoms. The lowest BCUT2D eigenvalue weighted by Gasteiger charge is -2.41. The Morgan fingerprint density at radius 3 is 2.65 bits per heavy atom. The van der Waals surface area contributed by atoms with E-state index in [1.165, 1.54) is 12.1 Å². The number of piperidine rings is 1. The summed E-state index contributed by atoms with van der Waals surface area (Å²) in [6.45, 7) is 7.40. The van der Waals surface area contributed by atoms with E-state index >= 15 is 0 Å². The van der Waals surface area contributed by atoms with Gasteiger partial charge < -0.3 is 10.2 Å². The van der Waals surface area contributed by atoms with Crippen molar-refractivity contribution in [1.82, 2.24) is 10.2 Å². The smallest absolute Gasteiger partial charge is 0.130 e. The summed E-state index contributed by atoms with van der Waals surface area (Å²) >= 11 is 0. The molecule has 1 saturated heterocycles. The Morgan fingerprint density at radius 1 is 1.30 bits per heavy atom. The minimum atomic E-state index is -0.528. The van der Waals surface area contributed by atoms with E-state index in [1.807, 2.05) is 6.92 Å². The molecule has 112 valence electrons. The highest BCUT2D eigenvalue weighted by Crippen LogP contribution is 2.25. The van der Waals surface area contributed by atoms with Crippen molar-refractivity contribution in [2.45, 2.75) is 45.3 Å². The molecule has 0 bridgehead atoms. The molecule has 4 unspecified atom stereocenters. The summed E-state index contributed by atoms with van der Waals surface area (Å²) in [6, 6.07) is 4.57. The fraction of sp³-hybridized carbons (Fsp3) is 0.625. The number of nitrogens with zero attached hydrogens (tertiary/aromatic N) is 1. The standard InChI is InChI=1S/C16H24F2N2/c1-10-9-20(4)11(2)7-16(10)19-12(3)14-6-5-13(17)8-15(14)18/h5-6,8,10-12,16,19H,7,9H2,1-4H3. The molecule has 0 amide bonds. The molecule has 1 aromatic carbocycles. The molecule has 0 aromatic heterocycles. The third-order valence-corrected chi connectivity index (χ3v) is 4.50. The van der Waals surface area contributed by atoms with E-state index in [9.17, 15) is 8.78 Å². The molecule has 1 heterocycles. The zero-order valence-corrected chi connectivity index (χ0v) is 12.7. The van der Waals surface area contributed by atoms with Crippen LogP contribution in [-0.4, -0.2) is 30.6 Å². The molecular weight excluding hydrogens is 258 g/mol. The van der Waals surface area contributed by atoms with Gasteiger partial charge in [-0.1, -0.05) is 13.0 Å². The first-order valence-corrected chi connectivity index (χ1v) is 7.29. The third kappa shape index (κ3) is 3.36. The second-order valence-electron chi connectivity index (χ2n) is 6.16. The molecule has 1 aromatic rings. The van der Waals surface area contributed by atoms with Crippen LogP contribution in [0.15, 0.2) is 18.2 Å². The van der Waals surface area contributed by atoms with Crippen LogP contribution < -0.4 is 5.32 Å². The molecule has 4 atom stereocenters. The van der Waals surface area contributed by atoms with Gasteiger partial charge in [-0.25, -0.2) is 8.78 Å². The predicted molar refractivity (Wildman–Crippen MR) is 77.6 cm³/mol. The first-order chi connectivity index (χ1) is 9.38. The second-order valence-corrected chi connectivity index (χ2v) is 6.16. The predicted octanol–water partition coefficient (Wildman–Crippen LogP) is 3.34. The van der Waals surface area contributed by atoms with Gasteiger partial charge in [0.05, 0.1) is 0 Å². The van der Waals surface area contributed by atoms with E-state index in [0.717, 1.165) is 19.0 Å². The van der Waals surface area contributed by atoms with Crippen LogP contribution in [0, 0.1) is 17.6 Å². The highest BCUT2D eigenvalue weighted by Gasteiger charge is 2.30. The number of likely N-dealkylation sites (tertiary alicyclic amines) is 1. The van der Waals surface area contributed by atoms with Crippen molar-refractivity contribution in [3.05, 3.63) is 35.4 Å². The molecule has 0 saturated carbocycles. The molecule has 2 nitrogen and oxygen atoms in total. The van der Waals surface area contributed by atoms with Crippen molar-refractivity contribution in [2.24, 2.45) is 5.92 Å². The van der Waals surface area contributed by atoms with Gasteiger partial charge >= 0.3 is 0 Å². The Morgan fingerprint density at radius 2 is 2.00 bits per heavy atom. The highest BCUT2D eigenvalue weighted by molar-refractivity contribution is 5.21. The Labute approximate surface area is 120 Å². The molecule has 0 radical (unpaired) electrons. The van der Waals surface area contributed by atoms with E-state index in [-0.39, 0.29) is 6.04 Å². The minimum absolute atomic E-state index is 0.112. The Bertz CT molecular complexity index is 464. The van der Waals surface area contributed by atoms with Gasteiger partial charge in [-0.3, -0.25) is 0 Å². The fourth-order valence-electron chi connectivity index (χ4n) is 3.04. The van der Waals surface area contributed by atoms with Gasteiger partial charge in [-0.05, 0) is 39.3 Å². The van der Waals surface area contributed by atoms with Crippen LogP contribution in [0.1, 0.15) is 38.8 Å². The quantitative estimate of drug-likeness (QED) is 0.914. The monoisotopic (exact) mass is 282 g/mol.